The molecule has 9 heteroatoms. The first-order chi connectivity index (χ1) is 14.5. The van der Waals surface area contributed by atoms with Crippen molar-refractivity contribution in [1.82, 2.24) is 15.1 Å². The molecule has 0 N–H and O–H groups in total. The van der Waals surface area contributed by atoms with Crippen molar-refractivity contribution in [3.05, 3.63) is 70.0 Å². The van der Waals surface area contributed by atoms with E-state index in [0.717, 1.165) is 5.56 Å². The number of aryl methyl sites for hydroxylation is 1. The number of ether oxygens (including phenoxy) is 2. The van der Waals surface area contributed by atoms with E-state index in [0.29, 0.717) is 37.7 Å². The van der Waals surface area contributed by atoms with E-state index in [9.17, 15) is 4.79 Å². The molecule has 7 nitrogen and oxygen atoms in total. The van der Waals surface area contributed by atoms with Crippen molar-refractivity contribution in [3.63, 3.8) is 0 Å². The van der Waals surface area contributed by atoms with Gasteiger partial charge < -0.3 is 14.0 Å². The third-order valence-electron chi connectivity index (χ3n) is 4.22. The van der Waals surface area contributed by atoms with Crippen LogP contribution in [0.15, 0.2) is 53.1 Å². The summed E-state index contributed by atoms with van der Waals surface area (Å²) in [5.41, 5.74) is 2.16. The quantitative estimate of drug-likeness (QED) is 0.380. The molecule has 0 saturated heterocycles. The van der Waals surface area contributed by atoms with Crippen molar-refractivity contribution in [2.45, 2.75) is 13.5 Å². The third kappa shape index (κ3) is 4.19. The summed E-state index contributed by atoms with van der Waals surface area (Å²) in [6.45, 7) is 1.62. The maximum atomic E-state index is 12.5. The number of halogens is 1. The highest BCUT2D eigenvalue weighted by molar-refractivity contribution is 7.17. The largest absolute Gasteiger partial charge is 0.496 e. The Morgan fingerprint density at radius 3 is 2.67 bits per heavy atom. The molecule has 0 aliphatic carbocycles. The van der Waals surface area contributed by atoms with Crippen LogP contribution < -0.4 is 4.74 Å². The van der Waals surface area contributed by atoms with Crippen LogP contribution in [0.1, 0.15) is 21.3 Å². The first-order valence-electron chi connectivity index (χ1n) is 8.91. The SMILES string of the molecule is COc1ccccc1-c1noc(COC(=O)c2sc(-c3ccc(Cl)cc3)nc2C)n1. The van der Waals surface area contributed by atoms with E-state index in [2.05, 4.69) is 15.1 Å². The van der Waals surface area contributed by atoms with Gasteiger partial charge in [-0.15, -0.1) is 11.3 Å². The second-order valence-corrected chi connectivity index (χ2v) is 7.66. The fourth-order valence-electron chi connectivity index (χ4n) is 2.75. The van der Waals surface area contributed by atoms with E-state index in [4.69, 9.17) is 25.6 Å². The molecule has 4 rings (SSSR count). The fraction of sp³-hybridized carbons (Fsp3) is 0.143. The summed E-state index contributed by atoms with van der Waals surface area (Å²) in [4.78, 5) is 21.7. The number of carbonyl (C=O) groups is 1. The number of methoxy groups -OCH3 is 1. The molecule has 0 unspecified atom stereocenters. The first kappa shape index (κ1) is 20.1. The molecule has 2 aromatic heterocycles. The Kier molecular flexibility index (Phi) is 5.78. The number of nitrogens with zero attached hydrogens (tertiary/aromatic N) is 3. The molecule has 0 saturated carbocycles. The summed E-state index contributed by atoms with van der Waals surface area (Å²) in [7, 11) is 1.57. The number of hydrogen-bond donors (Lipinski definition) is 0. The highest BCUT2D eigenvalue weighted by atomic mass is 35.5. The smallest absolute Gasteiger partial charge is 0.350 e. The topological polar surface area (TPSA) is 87.3 Å². The summed E-state index contributed by atoms with van der Waals surface area (Å²) in [5.74, 6) is 0.668. The van der Waals surface area contributed by atoms with Crippen LogP contribution in [0.3, 0.4) is 0 Å². The number of aromatic nitrogens is 3. The average molecular weight is 442 g/mol. The molecule has 0 radical (unpaired) electrons. The molecule has 30 heavy (non-hydrogen) atoms. The fourth-order valence-corrected chi connectivity index (χ4v) is 3.84. The van der Waals surface area contributed by atoms with E-state index in [1.807, 2.05) is 30.3 Å². The van der Waals surface area contributed by atoms with Gasteiger partial charge in [-0.05, 0) is 31.2 Å². The van der Waals surface area contributed by atoms with Gasteiger partial charge in [0.15, 0.2) is 6.61 Å². The maximum Gasteiger partial charge on any atom is 0.350 e. The van der Waals surface area contributed by atoms with Gasteiger partial charge in [0.2, 0.25) is 5.82 Å². The van der Waals surface area contributed by atoms with Crippen LogP contribution in [0.25, 0.3) is 22.0 Å². The van der Waals surface area contributed by atoms with E-state index in [-0.39, 0.29) is 12.5 Å². The molecule has 0 fully saturated rings. The maximum absolute atomic E-state index is 12.5. The van der Waals surface area contributed by atoms with Gasteiger partial charge in [0.05, 0.1) is 18.4 Å². The highest BCUT2D eigenvalue weighted by Crippen LogP contribution is 2.30. The molecule has 0 aliphatic heterocycles. The molecule has 0 bridgehead atoms. The van der Waals surface area contributed by atoms with Crippen LogP contribution in [0.2, 0.25) is 5.02 Å². The zero-order valence-corrected chi connectivity index (χ0v) is 17.7. The summed E-state index contributed by atoms with van der Waals surface area (Å²) in [6, 6.07) is 14.6. The first-order valence-corrected chi connectivity index (χ1v) is 10.1. The van der Waals surface area contributed by atoms with Crippen LogP contribution in [0, 0.1) is 6.92 Å². The zero-order valence-electron chi connectivity index (χ0n) is 16.1. The van der Waals surface area contributed by atoms with Crippen LogP contribution in [-0.2, 0) is 11.3 Å². The van der Waals surface area contributed by atoms with Crippen molar-refractivity contribution in [1.29, 1.82) is 0 Å². The van der Waals surface area contributed by atoms with Crippen molar-refractivity contribution in [2.75, 3.05) is 7.11 Å². The van der Waals surface area contributed by atoms with Crippen molar-refractivity contribution in [3.8, 4) is 27.7 Å². The summed E-state index contributed by atoms with van der Waals surface area (Å²) < 4.78 is 15.9. The molecule has 0 aliphatic rings. The van der Waals surface area contributed by atoms with E-state index in [1.54, 1.807) is 32.2 Å². The Hall–Kier alpha value is -3.23. The Morgan fingerprint density at radius 1 is 1.13 bits per heavy atom. The van der Waals surface area contributed by atoms with Gasteiger partial charge in [0, 0.05) is 10.6 Å². The molecule has 0 amide bonds. The Balaban J connectivity index is 1.46. The van der Waals surface area contributed by atoms with Gasteiger partial charge in [-0.25, -0.2) is 9.78 Å². The number of carbonyl (C=O) groups excluding carboxylic acids is 1. The summed E-state index contributed by atoms with van der Waals surface area (Å²) in [5, 5.41) is 5.29. The predicted molar refractivity (Wildman–Crippen MR) is 113 cm³/mol. The zero-order chi connectivity index (χ0) is 21.1. The minimum atomic E-state index is -0.498. The average Bonchev–Trinajstić information content (AvgIpc) is 3.39. The normalized spacial score (nSPS) is 10.8. The van der Waals surface area contributed by atoms with Gasteiger partial charge in [0.25, 0.3) is 5.89 Å². The number of rotatable bonds is 6. The Labute approximate surface area is 181 Å². The van der Waals surface area contributed by atoms with Gasteiger partial charge >= 0.3 is 5.97 Å². The van der Waals surface area contributed by atoms with Crippen LogP contribution in [0.4, 0.5) is 0 Å². The second kappa shape index (κ2) is 8.64. The standard InChI is InChI=1S/C21H16ClN3O4S/c1-12-18(30-20(23-12)13-7-9-14(22)10-8-13)21(26)28-11-17-24-19(25-29-17)15-5-3-4-6-16(15)27-2/h3-10H,11H2,1-2H3. The van der Waals surface area contributed by atoms with E-state index in [1.165, 1.54) is 11.3 Å². The summed E-state index contributed by atoms with van der Waals surface area (Å²) >= 11 is 7.18. The van der Waals surface area contributed by atoms with Crippen molar-refractivity contribution < 1.29 is 18.8 Å². The number of para-hydroxylation sites is 1. The lowest BCUT2D eigenvalue weighted by molar-refractivity contribution is 0.0434. The Bertz CT molecular complexity index is 1190. The van der Waals surface area contributed by atoms with Crippen LogP contribution >= 0.6 is 22.9 Å². The lowest BCUT2D eigenvalue weighted by Gasteiger charge is -2.03. The molecular weight excluding hydrogens is 426 g/mol. The van der Waals surface area contributed by atoms with E-state index >= 15 is 0 Å². The van der Waals surface area contributed by atoms with Gasteiger partial charge in [0.1, 0.15) is 15.6 Å². The van der Waals surface area contributed by atoms with Crippen molar-refractivity contribution >= 4 is 28.9 Å². The van der Waals surface area contributed by atoms with E-state index < -0.39 is 5.97 Å². The molecular formula is C21H16ClN3O4S. The number of hydrogen-bond acceptors (Lipinski definition) is 8. The number of esters is 1. The minimum Gasteiger partial charge on any atom is -0.496 e. The van der Waals surface area contributed by atoms with Gasteiger partial charge in [-0.3, -0.25) is 0 Å². The van der Waals surface area contributed by atoms with Crippen LogP contribution in [-0.4, -0.2) is 28.2 Å². The lowest BCUT2D eigenvalue weighted by Crippen LogP contribution is -2.05. The van der Waals surface area contributed by atoms with Crippen molar-refractivity contribution in [2.24, 2.45) is 0 Å². The number of benzene rings is 2. The molecule has 152 valence electrons. The molecule has 2 aromatic carbocycles. The van der Waals surface area contributed by atoms with Crippen LogP contribution in [0.5, 0.6) is 5.75 Å². The minimum absolute atomic E-state index is 0.144. The molecule has 2 heterocycles. The third-order valence-corrected chi connectivity index (χ3v) is 5.65. The molecule has 0 spiro atoms. The second-order valence-electron chi connectivity index (χ2n) is 6.23. The lowest BCUT2D eigenvalue weighted by atomic mass is 10.2. The molecule has 0 atom stereocenters. The molecule has 4 aromatic rings. The van der Waals surface area contributed by atoms with Gasteiger partial charge in [-0.1, -0.05) is 41.0 Å². The monoisotopic (exact) mass is 441 g/mol. The Morgan fingerprint density at radius 2 is 1.90 bits per heavy atom. The number of thiazole rings is 1. The predicted octanol–water partition coefficient (Wildman–Crippen LogP) is 5.19. The highest BCUT2D eigenvalue weighted by Gasteiger charge is 2.19. The summed E-state index contributed by atoms with van der Waals surface area (Å²) in [6.07, 6.45) is 0. The van der Waals surface area contributed by atoms with Gasteiger partial charge in [-0.2, -0.15) is 4.98 Å².